The van der Waals surface area contributed by atoms with Crippen LogP contribution >= 0.6 is 11.8 Å². The van der Waals surface area contributed by atoms with E-state index in [0.717, 1.165) is 37.1 Å². The molecule has 0 spiro atoms. The van der Waals surface area contributed by atoms with Gasteiger partial charge in [0.15, 0.2) is 5.82 Å². The Bertz CT molecular complexity index is 1570. The summed E-state index contributed by atoms with van der Waals surface area (Å²) in [4.78, 5) is 47.3. The van der Waals surface area contributed by atoms with Crippen LogP contribution in [-0.2, 0) is 20.9 Å². The number of thioether (sulfide) groups is 1. The third-order valence-electron chi connectivity index (χ3n) is 8.11. The first-order valence-electron chi connectivity index (χ1n) is 15.9. The fourth-order valence-corrected chi connectivity index (χ4v) is 6.75. The fraction of sp³-hybridized carbons (Fsp3) is 0.469. The minimum absolute atomic E-state index is 0.108. The van der Waals surface area contributed by atoms with Crippen LogP contribution in [0.5, 0.6) is 5.75 Å². The van der Waals surface area contributed by atoms with Gasteiger partial charge in [-0.25, -0.2) is 10.4 Å². The Balaban J connectivity index is 1.41. The van der Waals surface area contributed by atoms with Crippen molar-refractivity contribution >= 4 is 41.8 Å². The number of aromatic nitrogens is 2. The van der Waals surface area contributed by atoms with Crippen LogP contribution < -0.4 is 20.8 Å². The van der Waals surface area contributed by atoms with Crippen molar-refractivity contribution in [3.8, 4) is 17.0 Å². The van der Waals surface area contributed by atoms with E-state index >= 15 is 0 Å². The third kappa shape index (κ3) is 8.66. The number of hydrogen-bond donors (Lipinski definition) is 3. The highest BCUT2D eigenvalue weighted by atomic mass is 32.2. The number of alkyl halides is 2. The molecule has 0 atom stereocenters. The monoisotopic (exact) mass is 685 g/mol. The lowest BCUT2D eigenvalue weighted by atomic mass is 10.0. The number of nitrogens with zero attached hydrogens (tertiary/aromatic N) is 6. The summed E-state index contributed by atoms with van der Waals surface area (Å²) in [6, 6.07) is 5.05. The van der Waals surface area contributed by atoms with Crippen molar-refractivity contribution in [3.63, 3.8) is 0 Å². The highest BCUT2D eigenvalue weighted by Gasteiger charge is 2.30. The molecule has 1 aromatic heterocycles. The zero-order valence-corrected chi connectivity index (χ0v) is 28.0. The van der Waals surface area contributed by atoms with Crippen molar-refractivity contribution in [2.45, 2.75) is 56.0 Å². The molecule has 0 aliphatic carbocycles. The van der Waals surface area contributed by atoms with Crippen LogP contribution in [0.1, 0.15) is 26.7 Å². The number of anilines is 1. The van der Waals surface area contributed by atoms with Gasteiger partial charge < -0.3 is 25.1 Å². The van der Waals surface area contributed by atoms with Gasteiger partial charge in [0.25, 0.3) is 5.91 Å². The van der Waals surface area contributed by atoms with E-state index in [-0.39, 0.29) is 53.0 Å². The molecule has 2 amide bonds. The number of fused-ring (bicyclic) bond motifs is 1. The standard InChI is InChI=1S/C32H41F2N9O4S/c1-21(2)48-23-5-6-27(47-32(33)34)24(17-23)29-26(38-31(46)25-18-37-43-11-4-9-36-30(25)43)19-42(39-29)20-28(45)41-12-7-22(8-13-41)40(15-16-44)14-10-35-3/h4-6,9,11,16-17,19,21-22,32,35,37H,7-8,10,12-15,18,20H2,1-3H3,(H,38,46). The number of aldehydes is 1. The normalized spacial score (nSPS) is 16.4. The van der Waals surface area contributed by atoms with Crippen LogP contribution in [0.25, 0.3) is 11.3 Å². The Kier molecular flexibility index (Phi) is 12.0. The molecular weight excluding hydrogens is 644 g/mol. The van der Waals surface area contributed by atoms with Gasteiger partial charge in [0.05, 0.1) is 17.8 Å². The van der Waals surface area contributed by atoms with Crippen LogP contribution in [0.4, 0.5) is 14.5 Å². The Labute approximate surface area is 282 Å². The largest absolute Gasteiger partial charge is 0.434 e. The van der Waals surface area contributed by atoms with Gasteiger partial charge in [-0.3, -0.25) is 24.2 Å². The average Bonchev–Trinajstić information content (AvgIpc) is 3.67. The van der Waals surface area contributed by atoms with Crippen molar-refractivity contribution in [1.82, 2.24) is 35.3 Å². The number of likely N-dealkylation sites (tertiary alicyclic amines) is 1. The van der Waals surface area contributed by atoms with Crippen molar-refractivity contribution in [3.05, 3.63) is 48.1 Å². The van der Waals surface area contributed by atoms with Crippen LogP contribution in [0.3, 0.4) is 0 Å². The number of nitrogens with one attached hydrogen (secondary N) is 3. The molecular formula is C32H41F2N9O4S. The maximum absolute atomic E-state index is 13.6. The molecule has 0 saturated carbocycles. The van der Waals surface area contributed by atoms with Gasteiger partial charge in [0.1, 0.15) is 24.3 Å². The molecule has 258 valence electrons. The number of hydrazine groups is 1. The maximum Gasteiger partial charge on any atom is 0.387 e. The Morgan fingerprint density at radius 1 is 1.25 bits per heavy atom. The SMILES string of the molecule is CNCCN(CC=O)C1CCN(C(=O)Cn2cc(NC(=O)C3=C4N=CC=CN4NC3)c(-c3cc(SC(C)C)ccc3OC(F)F)n2)CC1. The first kappa shape index (κ1) is 35.2. The van der Waals surface area contributed by atoms with E-state index in [0.29, 0.717) is 31.0 Å². The number of halogens is 2. The van der Waals surface area contributed by atoms with Gasteiger partial charge >= 0.3 is 6.61 Å². The molecule has 1 fully saturated rings. The summed E-state index contributed by atoms with van der Waals surface area (Å²) < 4.78 is 33.4. The molecule has 5 rings (SSSR count). The molecule has 0 unspecified atom stereocenters. The quantitative estimate of drug-likeness (QED) is 0.190. The molecule has 1 aromatic carbocycles. The molecule has 0 radical (unpaired) electrons. The molecule has 3 aliphatic rings. The first-order valence-corrected chi connectivity index (χ1v) is 16.8. The van der Waals surface area contributed by atoms with Gasteiger partial charge in [-0.2, -0.15) is 13.9 Å². The lowest BCUT2D eigenvalue weighted by molar-refractivity contribution is -0.133. The summed E-state index contributed by atoms with van der Waals surface area (Å²) in [6.45, 7) is 3.92. The van der Waals surface area contributed by atoms with E-state index in [9.17, 15) is 23.2 Å². The minimum atomic E-state index is -3.09. The molecule has 13 nitrogen and oxygen atoms in total. The number of piperidine rings is 1. The number of amides is 2. The van der Waals surface area contributed by atoms with E-state index in [2.05, 4.69) is 31.1 Å². The predicted molar refractivity (Wildman–Crippen MR) is 180 cm³/mol. The van der Waals surface area contributed by atoms with Crippen molar-refractivity contribution in [1.29, 1.82) is 0 Å². The van der Waals surface area contributed by atoms with Crippen molar-refractivity contribution in [2.24, 2.45) is 4.99 Å². The van der Waals surface area contributed by atoms with Gasteiger partial charge in [-0.05, 0) is 44.2 Å². The second-order valence-electron chi connectivity index (χ2n) is 11.8. The summed E-state index contributed by atoms with van der Waals surface area (Å²) in [5.74, 6) is -0.293. The number of rotatable bonds is 15. The van der Waals surface area contributed by atoms with Crippen LogP contribution in [-0.4, -0.2) is 113 Å². The second kappa shape index (κ2) is 16.3. The lowest BCUT2D eigenvalue weighted by Gasteiger charge is -2.37. The van der Waals surface area contributed by atoms with Gasteiger partial charge in [-0.15, -0.1) is 11.8 Å². The summed E-state index contributed by atoms with van der Waals surface area (Å²) >= 11 is 1.54. The molecule has 2 aromatic rings. The van der Waals surface area contributed by atoms with E-state index in [1.807, 2.05) is 20.9 Å². The zero-order valence-electron chi connectivity index (χ0n) is 27.2. The van der Waals surface area contributed by atoms with Crippen molar-refractivity contribution < 1.29 is 27.9 Å². The zero-order chi connectivity index (χ0) is 34.2. The number of likely N-dealkylation sites (N-methyl/N-ethyl adjacent to an activating group) is 1. The molecule has 3 aliphatic heterocycles. The Hall–Kier alpha value is -4.12. The summed E-state index contributed by atoms with van der Waals surface area (Å²) in [5.41, 5.74) is 4.11. The number of aliphatic imine (C=N–C) groups is 1. The van der Waals surface area contributed by atoms with Crippen LogP contribution in [0, 0.1) is 0 Å². The highest BCUT2D eigenvalue weighted by Crippen LogP contribution is 2.39. The number of benzene rings is 1. The van der Waals surface area contributed by atoms with Gasteiger partial charge in [-0.1, -0.05) is 13.8 Å². The average molecular weight is 686 g/mol. The second-order valence-corrected chi connectivity index (χ2v) is 13.4. The fourth-order valence-electron chi connectivity index (χ4n) is 5.87. The molecule has 1 saturated heterocycles. The van der Waals surface area contributed by atoms with Gasteiger partial charge in [0, 0.05) is 73.1 Å². The topological polar surface area (TPSA) is 136 Å². The van der Waals surface area contributed by atoms with E-state index in [1.54, 1.807) is 40.5 Å². The number of ether oxygens (including phenoxy) is 1. The molecule has 16 heteroatoms. The molecule has 48 heavy (non-hydrogen) atoms. The third-order valence-corrected chi connectivity index (χ3v) is 9.11. The molecule has 0 bridgehead atoms. The predicted octanol–water partition coefficient (Wildman–Crippen LogP) is 2.93. The summed E-state index contributed by atoms with van der Waals surface area (Å²) in [7, 11) is 1.87. The number of carbonyl (C=O) groups excluding carboxylic acids is 3. The van der Waals surface area contributed by atoms with Gasteiger partial charge in [0.2, 0.25) is 5.91 Å². The van der Waals surface area contributed by atoms with Crippen molar-refractivity contribution in [2.75, 3.05) is 51.6 Å². The smallest absolute Gasteiger partial charge is 0.387 e. The first-order chi connectivity index (χ1) is 23.2. The Morgan fingerprint density at radius 3 is 2.75 bits per heavy atom. The number of carbonyl (C=O) groups is 3. The molecule has 3 N–H and O–H groups in total. The summed E-state index contributed by atoms with van der Waals surface area (Å²) in [6.07, 6.45) is 8.95. The number of allylic oxidation sites excluding steroid dienone is 1. The van der Waals surface area contributed by atoms with Crippen LogP contribution in [0.15, 0.2) is 58.0 Å². The van der Waals surface area contributed by atoms with E-state index in [1.165, 1.54) is 28.7 Å². The summed E-state index contributed by atoms with van der Waals surface area (Å²) in [5, 5.41) is 12.5. The minimum Gasteiger partial charge on any atom is -0.434 e. The maximum atomic E-state index is 13.6. The van der Waals surface area contributed by atoms with E-state index < -0.39 is 12.5 Å². The van der Waals surface area contributed by atoms with Crippen LogP contribution in [0.2, 0.25) is 0 Å². The molecule has 4 heterocycles. The highest BCUT2D eigenvalue weighted by molar-refractivity contribution is 7.99. The van der Waals surface area contributed by atoms with E-state index in [4.69, 9.17) is 4.74 Å². The number of hydrogen-bond acceptors (Lipinski definition) is 11. The Morgan fingerprint density at radius 2 is 2.04 bits per heavy atom. The lowest BCUT2D eigenvalue weighted by Crippen LogP contribution is -2.49.